The van der Waals surface area contributed by atoms with Crippen LogP contribution in [0.2, 0.25) is 0 Å². The van der Waals surface area contributed by atoms with Crippen LogP contribution in [-0.2, 0) is 0 Å². The SMILES string of the molecule is CC(C)Oc1ccc(C(=O)CN(C)C)cc1N. The van der Waals surface area contributed by atoms with Gasteiger partial charge in [-0.05, 0) is 46.1 Å². The van der Waals surface area contributed by atoms with Gasteiger partial charge in [-0.2, -0.15) is 0 Å². The molecule has 0 saturated carbocycles. The Morgan fingerprint density at radius 2 is 2.06 bits per heavy atom. The van der Waals surface area contributed by atoms with E-state index < -0.39 is 0 Å². The van der Waals surface area contributed by atoms with Crippen molar-refractivity contribution >= 4 is 11.5 Å². The summed E-state index contributed by atoms with van der Waals surface area (Å²) in [7, 11) is 3.72. The van der Waals surface area contributed by atoms with Crippen LogP contribution in [0.25, 0.3) is 0 Å². The number of ether oxygens (including phenoxy) is 1. The number of carbonyl (C=O) groups excluding carboxylic acids is 1. The fourth-order valence-electron chi connectivity index (χ4n) is 1.46. The number of nitrogens with zero attached hydrogens (tertiary/aromatic N) is 1. The molecule has 0 spiro atoms. The minimum atomic E-state index is 0.0535. The van der Waals surface area contributed by atoms with Crippen molar-refractivity contribution < 1.29 is 9.53 Å². The minimum Gasteiger partial charge on any atom is -0.489 e. The number of benzene rings is 1. The average molecular weight is 236 g/mol. The molecule has 0 aliphatic heterocycles. The first-order valence-electron chi connectivity index (χ1n) is 5.64. The predicted molar refractivity (Wildman–Crippen MR) is 69.5 cm³/mol. The van der Waals surface area contributed by atoms with E-state index in [0.29, 0.717) is 23.5 Å². The second-order valence-electron chi connectivity index (χ2n) is 4.58. The van der Waals surface area contributed by atoms with E-state index in [1.54, 1.807) is 18.2 Å². The Balaban J connectivity index is 2.85. The molecule has 1 rings (SSSR count). The molecule has 0 fully saturated rings. The second kappa shape index (κ2) is 5.68. The summed E-state index contributed by atoms with van der Waals surface area (Å²) in [5, 5.41) is 0. The van der Waals surface area contributed by atoms with Gasteiger partial charge in [0, 0.05) is 5.56 Å². The van der Waals surface area contributed by atoms with Gasteiger partial charge in [-0.1, -0.05) is 0 Å². The topological polar surface area (TPSA) is 55.6 Å². The smallest absolute Gasteiger partial charge is 0.176 e. The van der Waals surface area contributed by atoms with Gasteiger partial charge in [-0.25, -0.2) is 0 Å². The fraction of sp³-hybridized carbons (Fsp3) is 0.462. The number of hydrogen-bond donors (Lipinski definition) is 1. The fourth-order valence-corrected chi connectivity index (χ4v) is 1.46. The lowest BCUT2D eigenvalue weighted by molar-refractivity contribution is 0.0958. The molecule has 4 nitrogen and oxygen atoms in total. The lowest BCUT2D eigenvalue weighted by atomic mass is 10.1. The zero-order chi connectivity index (χ0) is 13.0. The largest absolute Gasteiger partial charge is 0.489 e. The van der Waals surface area contributed by atoms with E-state index in [9.17, 15) is 4.79 Å². The monoisotopic (exact) mass is 236 g/mol. The summed E-state index contributed by atoms with van der Waals surface area (Å²) in [4.78, 5) is 13.6. The third-order valence-corrected chi connectivity index (χ3v) is 2.15. The quantitative estimate of drug-likeness (QED) is 0.625. The molecule has 0 aromatic heterocycles. The van der Waals surface area contributed by atoms with Gasteiger partial charge in [0.1, 0.15) is 5.75 Å². The van der Waals surface area contributed by atoms with Crippen molar-refractivity contribution in [3.8, 4) is 5.75 Å². The van der Waals surface area contributed by atoms with Crippen LogP contribution in [-0.4, -0.2) is 37.4 Å². The zero-order valence-electron chi connectivity index (χ0n) is 10.9. The second-order valence-corrected chi connectivity index (χ2v) is 4.58. The van der Waals surface area contributed by atoms with E-state index in [4.69, 9.17) is 10.5 Å². The van der Waals surface area contributed by atoms with Gasteiger partial charge in [0.25, 0.3) is 0 Å². The van der Waals surface area contributed by atoms with Crippen molar-refractivity contribution in [1.29, 1.82) is 0 Å². The van der Waals surface area contributed by atoms with Crippen molar-refractivity contribution in [3.05, 3.63) is 23.8 Å². The van der Waals surface area contributed by atoms with Crippen molar-refractivity contribution in [3.63, 3.8) is 0 Å². The molecule has 0 aliphatic carbocycles. The molecule has 2 N–H and O–H groups in total. The molecule has 0 atom stereocenters. The van der Waals surface area contributed by atoms with Gasteiger partial charge in [0.15, 0.2) is 5.78 Å². The Labute approximate surface area is 102 Å². The number of rotatable bonds is 5. The summed E-state index contributed by atoms with van der Waals surface area (Å²) in [6, 6.07) is 5.17. The molecule has 0 heterocycles. The molecule has 4 heteroatoms. The first-order valence-corrected chi connectivity index (χ1v) is 5.64. The van der Waals surface area contributed by atoms with E-state index in [2.05, 4.69) is 0 Å². The molecule has 0 unspecified atom stereocenters. The molecule has 0 bridgehead atoms. The van der Waals surface area contributed by atoms with Crippen LogP contribution in [0.3, 0.4) is 0 Å². The zero-order valence-corrected chi connectivity index (χ0v) is 10.9. The Morgan fingerprint density at radius 3 is 2.53 bits per heavy atom. The Morgan fingerprint density at radius 1 is 1.41 bits per heavy atom. The van der Waals surface area contributed by atoms with Gasteiger partial charge < -0.3 is 15.4 Å². The summed E-state index contributed by atoms with van der Waals surface area (Å²) < 4.78 is 5.51. The number of anilines is 1. The van der Waals surface area contributed by atoms with Crippen molar-refractivity contribution in [2.75, 3.05) is 26.4 Å². The van der Waals surface area contributed by atoms with Gasteiger partial charge in [-0.3, -0.25) is 4.79 Å². The summed E-state index contributed by atoms with van der Waals surface area (Å²) in [5.74, 6) is 0.680. The highest BCUT2D eigenvalue weighted by atomic mass is 16.5. The molecule has 1 aromatic rings. The Bertz CT molecular complexity index is 400. The van der Waals surface area contributed by atoms with Gasteiger partial charge >= 0.3 is 0 Å². The predicted octanol–water partition coefficient (Wildman–Crippen LogP) is 1.80. The van der Waals surface area contributed by atoms with E-state index in [1.165, 1.54) is 0 Å². The third kappa shape index (κ3) is 4.07. The number of nitrogens with two attached hydrogens (primary N) is 1. The standard InChI is InChI=1S/C13H20N2O2/c1-9(2)17-13-6-5-10(7-11(13)14)12(16)8-15(3)4/h5-7,9H,8,14H2,1-4H3. The maximum atomic E-state index is 11.8. The minimum absolute atomic E-state index is 0.0535. The van der Waals surface area contributed by atoms with Crippen LogP contribution < -0.4 is 10.5 Å². The van der Waals surface area contributed by atoms with E-state index in [0.717, 1.165) is 0 Å². The highest BCUT2D eigenvalue weighted by Gasteiger charge is 2.10. The molecular weight excluding hydrogens is 216 g/mol. The van der Waals surface area contributed by atoms with E-state index >= 15 is 0 Å². The highest BCUT2D eigenvalue weighted by molar-refractivity contribution is 5.98. The van der Waals surface area contributed by atoms with Gasteiger partial charge in [0.2, 0.25) is 0 Å². The molecule has 94 valence electrons. The molecule has 0 radical (unpaired) electrons. The van der Waals surface area contributed by atoms with Crippen molar-refractivity contribution in [2.24, 2.45) is 0 Å². The first kappa shape index (κ1) is 13.5. The summed E-state index contributed by atoms with van der Waals surface area (Å²) in [5.41, 5.74) is 6.97. The molecule has 0 amide bonds. The van der Waals surface area contributed by atoms with Crippen LogP contribution in [0.15, 0.2) is 18.2 Å². The van der Waals surface area contributed by atoms with Crippen LogP contribution >= 0.6 is 0 Å². The summed E-state index contributed by atoms with van der Waals surface area (Å²) >= 11 is 0. The van der Waals surface area contributed by atoms with Crippen LogP contribution in [0.5, 0.6) is 5.75 Å². The maximum Gasteiger partial charge on any atom is 0.176 e. The third-order valence-electron chi connectivity index (χ3n) is 2.15. The lowest BCUT2D eigenvalue weighted by Gasteiger charge is -2.13. The summed E-state index contributed by atoms with van der Waals surface area (Å²) in [6.45, 7) is 4.25. The molecule has 0 aliphatic rings. The Kier molecular flexibility index (Phi) is 4.52. The number of hydrogen-bond acceptors (Lipinski definition) is 4. The molecule has 1 aromatic carbocycles. The van der Waals surface area contributed by atoms with Crippen molar-refractivity contribution in [2.45, 2.75) is 20.0 Å². The van der Waals surface area contributed by atoms with Crippen LogP contribution in [0.4, 0.5) is 5.69 Å². The molecule has 17 heavy (non-hydrogen) atoms. The number of ketones is 1. The Hall–Kier alpha value is -1.55. The maximum absolute atomic E-state index is 11.8. The number of Topliss-reactive ketones (excluding diaryl/α,β-unsaturated/α-hetero) is 1. The molecule has 0 saturated heterocycles. The van der Waals surface area contributed by atoms with Crippen LogP contribution in [0.1, 0.15) is 24.2 Å². The number of carbonyl (C=O) groups is 1. The van der Waals surface area contributed by atoms with E-state index in [-0.39, 0.29) is 11.9 Å². The summed E-state index contributed by atoms with van der Waals surface area (Å²) in [6.07, 6.45) is 0.0700. The molecular formula is C13H20N2O2. The van der Waals surface area contributed by atoms with E-state index in [1.807, 2.05) is 32.8 Å². The van der Waals surface area contributed by atoms with Crippen LogP contribution in [0, 0.1) is 0 Å². The van der Waals surface area contributed by atoms with Gasteiger partial charge in [0.05, 0.1) is 18.3 Å². The normalized spacial score (nSPS) is 10.9. The number of nitrogen functional groups attached to an aromatic ring is 1. The first-order chi connectivity index (χ1) is 7.90. The van der Waals surface area contributed by atoms with Crippen molar-refractivity contribution in [1.82, 2.24) is 4.90 Å². The lowest BCUT2D eigenvalue weighted by Crippen LogP contribution is -2.21. The number of likely N-dealkylation sites (N-methyl/N-ethyl adjacent to an activating group) is 1. The highest BCUT2D eigenvalue weighted by Crippen LogP contribution is 2.23. The van der Waals surface area contributed by atoms with Gasteiger partial charge in [-0.15, -0.1) is 0 Å². The average Bonchev–Trinajstić information content (AvgIpc) is 2.19.